The van der Waals surface area contributed by atoms with Gasteiger partial charge in [0.2, 0.25) is 0 Å². The van der Waals surface area contributed by atoms with Gasteiger partial charge in [0.25, 0.3) is 0 Å². The lowest BCUT2D eigenvalue weighted by molar-refractivity contribution is 0.151. The van der Waals surface area contributed by atoms with E-state index >= 15 is 0 Å². The first-order chi connectivity index (χ1) is 6.67. The number of rotatable bonds is 4. The normalized spacial score (nSPS) is 25.6. The molecular weight excluding hydrogens is 192 g/mol. The first-order valence-electron chi connectivity index (χ1n) is 5.33. The Morgan fingerprint density at radius 1 is 1.50 bits per heavy atom. The van der Waals surface area contributed by atoms with Crippen LogP contribution in [0.3, 0.4) is 0 Å². The van der Waals surface area contributed by atoms with Gasteiger partial charge >= 0.3 is 0 Å². The molecule has 1 aliphatic heterocycles. The van der Waals surface area contributed by atoms with Crippen molar-refractivity contribution in [2.75, 3.05) is 32.4 Å². The fourth-order valence-electron chi connectivity index (χ4n) is 1.95. The van der Waals surface area contributed by atoms with Gasteiger partial charge in [-0.25, -0.2) is 4.31 Å². The van der Waals surface area contributed by atoms with Crippen molar-refractivity contribution < 1.29 is 0 Å². The molecule has 0 saturated carbocycles. The molecule has 1 saturated heterocycles. The zero-order valence-corrected chi connectivity index (χ0v) is 10.4. The molecule has 14 heavy (non-hydrogen) atoms. The molecule has 0 aromatic carbocycles. The lowest BCUT2D eigenvalue weighted by Crippen LogP contribution is -2.50. The van der Waals surface area contributed by atoms with Crippen LogP contribution in [0.4, 0.5) is 0 Å². The van der Waals surface area contributed by atoms with Gasteiger partial charge in [-0.3, -0.25) is 4.90 Å². The van der Waals surface area contributed by atoms with E-state index in [2.05, 4.69) is 42.0 Å². The van der Waals surface area contributed by atoms with E-state index in [0.29, 0.717) is 6.04 Å². The molecule has 0 N–H and O–H groups in total. The third-order valence-corrected chi connectivity index (χ3v) is 3.50. The third-order valence-electron chi connectivity index (χ3n) is 2.58. The van der Waals surface area contributed by atoms with Crippen LogP contribution in [0.15, 0.2) is 12.7 Å². The SMILES string of the molecule is C=C[C@@H]1CN(CC(C)C)CCN1SC. The largest absolute Gasteiger partial charge is 0.300 e. The maximum Gasteiger partial charge on any atom is 0.0507 e. The smallest absolute Gasteiger partial charge is 0.0507 e. The zero-order chi connectivity index (χ0) is 10.6. The second-order valence-electron chi connectivity index (χ2n) is 4.28. The molecule has 1 aliphatic rings. The van der Waals surface area contributed by atoms with E-state index in [1.54, 1.807) is 0 Å². The summed E-state index contributed by atoms with van der Waals surface area (Å²) in [6.45, 7) is 13.2. The maximum absolute atomic E-state index is 3.91. The predicted octanol–water partition coefficient (Wildman–Crippen LogP) is 2.09. The van der Waals surface area contributed by atoms with Crippen LogP contribution in [0.25, 0.3) is 0 Å². The Labute approximate surface area is 92.5 Å². The molecule has 0 amide bonds. The van der Waals surface area contributed by atoms with Crippen LogP contribution in [0.1, 0.15) is 13.8 Å². The van der Waals surface area contributed by atoms with Gasteiger partial charge in [-0.2, -0.15) is 0 Å². The van der Waals surface area contributed by atoms with E-state index in [4.69, 9.17) is 0 Å². The molecule has 1 rings (SSSR count). The highest BCUT2D eigenvalue weighted by Gasteiger charge is 2.24. The second-order valence-corrected chi connectivity index (χ2v) is 5.11. The molecule has 0 spiro atoms. The van der Waals surface area contributed by atoms with Crippen molar-refractivity contribution in [3.63, 3.8) is 0 Å². The fraction of sp³-hybridized carbons (Fsp3) is 0.818. The average Bonchev–Trinajstić information content (AvgIpc) is 2.16. The van der Waals surface area contributed by atoms with Crippen LogP contribution in [0, 0.1) is 5.92 Å². The van der Waals surface area contributed by atoms with E-state index in [-0.39, 0.29) is 0 Å². The molecule has 0 unspecified atom stereocenters. The van der Waals surface area contributed by atoms with Crippen molar-refractivity contribution in [3.05, 3.63) is 12.7 Å². The minimum absolute atomic E-state index is 0.525. The van der Waals surface area contributed by atoms with Gasteiger partial charge in [-0.15, -0.1) is 6.58 Å². The van der Waals surface area contributed by atoms with Crippen LogP contribution in [-0.2, 0) is 0 Å². The number of nitrogens with zero attached hydrogens (tertiary/aromatic N) is 2. The van der Waals surface area contributed by atoms with Gasteiger partial charge in [0.05, 0.1) is 6.04 Å². The summed E-state index contributed by atoms with van der Waals surface area (Å²) in [6.07, 6.45) is 4.22. The quantitative estimate of drug-likeness (QED) is 0.523. The van der Waals surface area contributed by atoms with Crippen LogP contribution < -0.4 is 0 Å². The molecular formula is C11H22N2S. The molecule has 0 aromatic rings. The highest BCUT2D eigenvalue weighted by atomic mass is 32.2. The number of hydrogen-bond acceptors (Lipinski definition) is 3. The van der Waals surface area contributed by atoms with E-state index in [0.717, 1.165) is 19.0 Å². The van der Waals surface area contributed by atoms with Gasteiger partial charge in [0, 0.05) is 26.2 Å². The molecule has 0 aromatic heterocycles. The van der Waals surface area contributed by atoms with E-state index in [9.17, 15) is 0 Å². The van der Waals surface area contributed by atoms with E-state index in [1.165, 1.54) is 13.1 Å². The van der Waals surface area contributed by atoms with Gasteiger partial charge in [0.1, 0.15) is 0 Å². The highest BCUT2D eigenvalue weighted by Crippen LogP contribution is 2.18. The Kier molecular flexibility index (Phi) is 4.99. The van der Waals surface area contributed by atoms with E-state index in [1.807, 2.05) is 11.9 Å². The Balaban J connectivity index is 2.44. The van der Waals surface area contributed by atoms with Crippen LogP contribution in [0.2, 0.25) is 0 Å². The first-order valence-corrected chi connectivity index (χ1v) is 6.51. The van der Waals surface area contributed by atoms with Crippen molar-refractivity contribution in [3.8, 4) is 0 Å². The molecule has 3 heteroatoms. The molecule has 0 aliphatic carbocycles. The Morgan fingerprint density at radius 2 is 2.21 bits per heavy atom. The van der Waals surface area contributed by atoms with Gasteiger partial charge in [-0.1, -0.05) is 31.9 Å². The number of piperazine rings is 1. The van der Waals surface area contributed by atoms with E-state index < -0.39 is 0 Å². The average molecular weight is 214 g/mol. The summed E-state index contributed by atoms with van der Waals surface area (Å²) in [7, 11) is 0. The summed E-state index contributed by atoms with van der Waals surface area (Å²) >= 11 is 1.83. The minimum Gasteiger partial charge on any atom is -0.300 e. The van der Waals surface area contributed by atoms with Crippen LogP contribution in [-0.4, -0.2) is 47.7 Å². The molecule has 0 bridgehead atoms. The first kappa shape index (κ1) is 12.1. The summed E-state index contributed by atoms with van der Waals surface area (Å²) in [6, 6.07) is 0.525. The summed E-state index contributed by atoms with van der Waals surface area (Å²) in [5, 5.41) is 0. The van der Waals surface area contributed by atoms with Crippen LogP contribution in [0.5, 0.6) is 0 Å². The van der Waals surface area contributed by atoms with Crippen molar-refractivity contribution in [2.24, 2.45) is 5.92 Å². The molecule has 82 valence electrons. The third kappa shape index (κ3) is 3.30. The Hall–Kier alpha value is 0.0100. The summed E-state index contributed by atoms with van der Waals surface area (Å²) < 4.78 is 2.42. The molecule has 1 fully saturated rings. The molecule has 2 nitrogen and oxygen atoms in total. The minimum atomic E-state index is 0.525. The molecule has 0 radical (unpaired) electrons. The Bertz CT molecular complexity index is 182. The van der Waals surface area contributed by atoms with Crippen molar-refractivity contribution in [1.82, 2.24) is 9.21 Å². The summed E-state index contributed by atoms with van der Waals surface area (Å²) in [4.78, 5) is 2.55. The maximum atomic E-state index is 3.91. The topological polar surface area (TPSA) is 6.48 Å². The van der Waals surface area contributed by atoms with Gasteiger partial charge in [-0.05, 0) is 12.2 Å². The lowest BCUT2D eigenvalue weighted by atomic mass is 10.1. The zero-order valence-electron chi connectivity index (χ0n) is 9.57. The van der Waals surface area contributed by atoms with Crippen molar-refractivity contribution in [2.45, 2.75) is 19.9 Å². The van der Waals surface area contributed by atoms with Crippen molar-refractivity contribution >= 4 is 11.9 Å². The molecule has 1 atom stereocenters. The van der Waals surface area contributed by atoms with Gasteiger partial charge in [0.15, 0.2) is 0 Å². The fourth-order valence-corrected chi connectivity index (χ4v) is 2.64. The summed E-state index contributed by atoms with van der Waals surface area (Å²) in [5.74, 6) is 0.765. The lowest BCUT2D eigenvalue weighted by Gasteiger charge is -2.39. The standard InChI is InChI=1S/C11H22N2S/c1-5-11-9-12(8-10(2)3)6-7-13(11)14-4/h5,10-11H,1,6-9H2,2-4H3/t11-/m1/s1. The highest BCUT2D eigenvalue weighted by molar-refractivity contribution is 7.96. The second kappa shape index (κ2) is 5.79. The number of hydrogen-bond donors (Lipinski definition) is 0. The Morgan fingerprint density at radius 3 is 2.71 bits per heavy atom. The monoisotopic (exact) mass is 214 g/mol. The van der Waals surface area contributed by atoms with Crippen molar-refractivity contribution in [1.29, 1.82) is 0 Å². The predicted molar refractivity (Wildman–Crippen MR) is 65.5 cm³/mol. The molecule has 1 heterocycles. The van der Waals surface area contributed by atoms with Gasteiger partial charge < -0.3 is 0 Å². The van der Waals surface area contributed by atoms with Crippen LogP contribution >= 0.6 is 11.9 Å². The summed E-state index contributed by atoms with van der Waals surface area (Å²) in [5.41, 5.74) is 0.